The normalized spacial score (nSPS) is 11.5. The number of hydrogen-bond donors (Lipinski definition) is 1. The van der Waals surface area contributed by atoms with E-state index in [1.54, 1.807) is 24.7 Å². The lowest BCUT2D eigenvalue weighted by molar-refractivity contribution is 0.287. The van der Waals surface area contributed by atoms with E-state index in [2.05, 4.69) is 10.1 Å². The highest BCUT2D eigenvalue weighted by Gasteiger charge is 2.10. The summed E-state index contributed by atoms with van der Waals surface area (Å²) in [7, 11) is -1.92. The minimum Gasteiger partial charge on any atom is -0.485 e. The molecule has 0 bridgehead atoms. The summed E-state index contributed by atoms with van der Waals surface area (Å²) in [6.45, 7) is 2.01. The molecule has 0 saturated heterocycles. The van der Waals surface area contributed by atoms with Crippen molar-refractivity contribution in [2.24, 2.45) is 12.2 Å². The van der Waals surface area contributed by atoms with Gasteiger partial charge in [0.15, 0.2) is 5.82 Å². The Morgan fingerprint density at radius 1 is 1.42 bits per heavy atom. The van der Waals surface area contributed by atoms with Crippen molar-refractivity contribution in [1.29, 1.82) is 0 Å². The van der Waals surface area contributed by atoms with Gasteiger partial charge >= 0.3 is 0 Å². The second-order valence-corrected chi connectivity index (χ2v) is 5.62. The van der Waals surface area contributed by atoms with Gasteiger partial charge in [-0.25, -0.2) is 18.5 Å². The standard InChI is InChI=1S/C11H14N4O3S/c1-8-5-9(19(12,16)17)3-4-10(8)18-6-11-13-7-14-15(11)2/h3-5,7H,6H2,1-2H3,(H2,12,16,17). The van der Waals surface area contributed by atoms with Crippen LogP contribution in [-0.4, -0.2) is 23.2 Å². The van der Waals surface area contributed by atoms with Crippen LogP contribution in [0.4, 0.5) is 0 Å². The number of nitrogens with two attached hydrogens (primary N) is 1. The molecule has 1 aromatic carbocycles. The van der Waals surface area contributed by atoms with Crippen LogP contribution >= 0.6 is 0 Å². The van der Waals surface area contributed by atoms with Crippen molar-refractivity contribution < 1.29 is 13.2 Å². The van der Waals surface area contributed by atoms with Crippen molar-refractivity contribution >= 4 is 10.0 Å². The molecule has 0 aliphatic rings. The molecule has 1 heterocycles. The van der Waals surface area contributed by atoms with E-state index < -0.39 is 10.0 Å². The number of sulfonamides is 1. The van der Waals surface area contributed by atoms with Gasteiger partial charge in [-0.2, -0.15) is 5.10 Å². The number of hydrogen-bond acceptors (Lipinski definition) is 5. The Hall–Kier alpha value is -1.93. The predicted molar refractivity (Wildman–Crippen MR) is 67.9 cm³/mol. The molecule has 2 rings (SSSR count). The molecule has 0 radical (unpaired) electrons. The van der Waals surface area contributed by atoms with Crippen molar-refractivity contribution in [3.63, 3.8) is 0 Å². The zero-order chi connectivity index (χ0) is 14.0. The van der Waals surface area contributed by atoms with Crippen molar-refractivity contribution in [3.8, 4) is 5.75 Å². The first-order chi connectivity index (χ1) is 8.88. The van der Waals surface area contributed by atoms with E-state index in [4.69, 9.17) is 9.88 Å². The smallest absolute Gasteiger partial charge is 0.238 e. The average Bonchev–Trinajstić information content (AvgIpc) is 2.72. The molecule has 0 fully saturated rings. The maximum absolute atomic E-state index is 11.2. The van der Waals surface area contributed by atoms with Crippen LogP contribution in [0.25, 0.3) is 0 Å². The molecular weight excluding hydrogens is 268 g/mol. The van der Waals surface area contributed by atoms with Gasteiger partial charge in [0.1, 0.15) is 18.7 Å². The lowest BCUT2D eigenvalue weighted by atomic mass is 10.2. The Morgan fingerprint density at radius 3 is 2.68 bits per heavy atom. The van der Waals surface area contributed by atoms with Gasteiger partial charge in [0.2, 0.25) is 10.0 Å². The Balaban J connectivity index is 2.16. The molecule has 19 heavy (non-hydrogen) atoms. The molecule has 0 aliphatic carbocycles. The summed E-state index contributed by atoms with van der Waals surface area (Å²) in [5.74, 6) is 1.25. The first-order valence-electron chi connectivity index (χ1n) is 5.47. The summed E-state index contributed by atoms with van der Waals surface area (Å²) in [6.07, 6.45) is 1.44. The van der Waals surface area contributed by atoms with Crippen LogP contribution < -0.4 is 9.88 Å². The molecule has 0 saturated carbocycles. The van der Waals surface area contributed by atoms with Gasteiger partial charge in [-0.3, -0.25) is 4.68 Å². The minimum absolute atomic E-state index is 0.0657. The largest absolute Gasteiger partial charge is 0.485 e. The van der Waals surface area contributed by atoms with Crippen LogP contribution in [-0.2, 0) is 23.7 Å². The Kier molecular flexibility index (Phi) is 3.54. The maximum Gasteiger partial charge on any atom is 0.238 e. The number of benzene rings is 1. The number of nitrogens with zero attached hydrogens (tertiary/aromatic N) is 3. The summed E-state index contributed by atoms with van der Waals surface area (Å²) < 4.78 is 29.6. The van der Waals surface area contributed by atoms with Gasteiger partial charge in [0, 0.05) is 7.05 Å². The molecule has 2 N–H and O–H groups in total. The van der Waals surface area contributed by atoms with E-state index in [0.29, 0.717) is 17.1 Å². The molecule has 1 aromatic heterocycles. The van der Waals surface area contributed by atoms with Gasteiger partial charge in [0.25, 0.3) is 0 Å². The summed E-state index contributed by atoms with van der Waals surface area (Å²) in [6, 6.07) is 4.46. The topological polar surface area (TPSA) is 100 Å². The monoisotopic (exact) mass is 282 g/mol. The van der Waals surface area contributed by atoms with Crippen molar-refractivity contribution in [2.75, 3.05) is 0 Å². The Labute approximate surface area is 111 Å². The second kappa shape index (κ2) is 4.98. The van der Waals surface area contributed by atoms with E-state index in [-0.39, 0.29) is 11.5 Å². The third-order valence-electron chi connectivity index (χ3n) is 2.64. The van der Waals surface area contributed by atoms with Crippen LogP contribution in [0.1, 0.15) is 11.4 Å². The molecule has 0 spiro atoms. The van der Waals surface area contributed by atoms with E-state index >= 15 is 0 Å². The molecule has 0 aliphatic heterocycles. The highest BCUT2D eigenvalue weighted by Crippen LogP contribution is 2.21. The molecule has 7 nitrogen and oxygen atoms in total. The molecule has 0 unspecified atom stereocenters. The predicted octanol–water partition coefficient (Wildman–Crippen LogP) is 0.350. The SMILES string of the molecule is Cc1cc(S(N)(=O)=O)ccc1OCc1ncnn1C. The van der Waals surface area contributed by atoms with Crippen molar-refractivity contribution in [3.05, 3.63) is 35.9 Å². The van der Waals surface area contributed by atoms with Gasteiger partial charge < -0.3 is 4.74 Å². The van der Waals surface area contributed by atoms with Gasteiger partial charge in [-0.15, -0.1) is 0 Å². The lowest BCUT2D eigenvalue weighted by Gasteiger charge is -2.09. The zero-order valence-electron chi connectivity index (χ0n) is 10.6. The van der Waals surface area contributed by atoms with E-state index in [9.17, 15) is 8.42 Å². The number of aryl methyl sites for hydroxylation is 2. The van der Waals surface area contributed by atoms with Gasteiger partial charge in [-0.1, -0.05) is 0 Å². The van der Waals surface area contributed by atoms with Gasteiger partial charge in [0.05, 0.1) is 4.90 Å². The van der Waals surface area contributed by atoms with Gasteiger partial charge in [-0.05, 0) is 30.7 Å². The summed E-state index contributed by atoms with van der Waals surface area (Å²) in [5, 5.41) is 8.98. The van der Waals surface area contributed by atoms with E-state index in [1.165, 1.54) is 18.5 Å². The highest BCUT2D eigenvalue weighted by molar-refractivity contribution is 7.89. The fraction of sp³-hybridized carbons (Fsp3) is 0.273. The van der Waals surface area contributed by atoms with E-state index in [0.717, 1.165) is 0 Å². The lowest BCUT2D eigenvalue weighted by Crippen LogP contribution is -2.12. The Bertz CT molecular complexity index is 694. The second-order valence-electron chi connectivity index (χ2n) is 4.06. The third-order valence-corrected chi connectivity index (χ3v) is 3.55. The number of rotatable bonds is 4. The number of aromatic nitrogens is 3. The van der Waals surface area contributed by atoms with Crippen molar-refractivity contribution in [2.45, 2.75) is 18.4 Å². The molecule has 0 atom stereocenters. The first-order valence-corrected chi connectivity index (χ1v) is 7.01. The number of ether oxygens (including phenoxy) is 1. The average molecular weight is 282 g/mol. The molecule has 2 aromatic rings. The fourth-order valence-electron chi connectivity index (χ4n) is 1.55. The van der Waals surface area contributed by atoms with Crippen LogP contribution in [0.5, 0.6) is 5.75 Å². The maximum atomic E-state index is 11.2. The van der Waals surface area contributed by atoms with Crippen LogP contribution in [0.15, 0.2) is 29.4 Å². The Morgan fingerprint density at radius 2 is 2.16 bits per heavy atom. The molecular formula is C11H14N4O3S. The zero-order valence-corrected chi connectivity index (χ0v) is 11.4. The van der Waals surface area contributed by atoms with E-state index in [1.807, 2.05) is 0 Å². The molecule has 102 valence electrons. The van der Waals surface area contributed by atoms with Crippen LogP contribution in [0.3, 0.4) is 0 Å². The number of primary sulfonamides is 1. The van der Waals surface area contributed by atoms with Crippen LogP contribution in [0.2, 0.25) is 0 Å². The quantitative estimate of drug-likeness (QED) is 0.872. The minimum atomic E-state index is -3.69. The third kappa shape index (κ3) is 3.09. The van der Waals surface area contributed by atoms with Crippen molar-refractivity contribution in [1.82, 2.24) is 14.8 Å². The summed E-state index contributed by atoms with van der Waals surface area (Å²) in [4.78, 5) is 4.09. The van der Waals surface area contributed by atoms with Crippen LogP contribution in [0, 0.1) is 6.92 Å². The highest BCUT2D eigenvalue weighted by atomic mass is 32.2. The summed E-state index contributed by atoms with van der Waals surface area (Å²) >= 11 is 0. The first kappa shape index (κ1) is 13.5. The fourth-order valence-corrected chi connectivity index (χ4v) is 2.15. The summed E-state index contributed by atoms with van der Waals surface area (Å²) in [5.41, 5.74) is 0.689. The molecule has 8 heteroatoms. The molecule has 0 amide bonds.